The van der Waals surface area contributed by atoms with Crippen LogP contribution in [0.15, 0.2) is 48.5 Å². The Bertz CT molecular complexity index is 737. The minimum absolute atomic E-state index is 0.122. The van der Waals surface area contributed by atoms with Gasteiger partial charge in [0.1, 0.15) is 5.41 Å². The summed E-state index contributed by atoms with van der Waals surface area (Å²) >= 11 is 0. The third kappa shape index (κ3) is 1.91. The first-order valence-corrected chi connectivity index (χ1v) is 8.73. The highest BCUT2D eigenvalue weighted by Crippen LogP contribution is 2.55. The van der Waals surface area contributed by atoms with E-state index >= 15 is 0 Å². The number of hydrogen-bond donors (Lipinski definition) is 0. The van der Waals surface area contributed by atoms with Gasteiger partial charge in [0.2, 0.25) is 0 Å². The fraction of sp³-hybridized carbons (Fsp3) is 0.381. The molecule has 24 heavy (non-hydrogen) atoms. The van der Waals surface area contributed by atoms with Gasteiger partial charge in [0, 0.05) is 6.54 Å². The second kappa shape index (κ2) is 5.75. The number of ether oxygens (including phenoxy) is 1. The van der Waals surface area contributed by atoms with Crippen molar-refractivity contribution in [1.29, 1.82) is 0 Å². The Hall–Kier alpha value is -2.13. The lowest BCUT2D eigenvalue weighted by atomic mass is 9.68. The van der Waals surface area contributed by atoms with Gasteiger partial charge in [-0.3, -0.25) is 4.79 Å². The van der Waals surface area contributed by atoms with E-state index in [0.29, 0.717) is 0 Å². The average molecular weight is 321 g/mol. The van der Waals surface area contributed by atoms with Gasteiger partial charge in [-0.2, -0.15) is 0 Å². The van der Waals surface area contributed by atoms with E-state index in [1.165, 1.54) is 18.2 Å². The van der Waals surface area contributed by atoms with Crippen molar-refractivity contribution in [2.24, 2.45) is 5.92 Å². The lowest BCUT2D eigenvalue weighted by molar-refractivity contribution is -0.147. The summed E-state index contributed by atoms with van der Waals surface area (Å²) in [7, 11) is 1.51. The van der Waals surface area contributed by atoms with Gasteiger partial charge in [-0.15, -0.1) is 0 Å². The van der Waals surface area contributed by atoms with E-state index in [1.54, 1.807) is 0 Å². The fourth-order valence-electron chi connectivity index (χ4n) is 4.73. The summed E-state index contributed by atoms with van der Waals surface area (Å²) in [6, 6.07) is 16.7. The van der Waals surface area contributed by atoms with Crippen molar-refractivity contribution in [1.82, 2.24) is 4.90 Å². The molecule has 1 atom stereocenters. The largest absolute Gasteiger partial charge is 0.468 e. The first-order chi connectivity index (χ1) is 11.7. The molecule has 4 rings (SSSR count). The van der Waals surface area contributed by atoms with Crippen LogP contribution in [-0.2, 0) is 14.9 Å². The van der Waals surface area contributed by atoms with Gasteiger partial charge >= 0.3 is 5.97 Å². The number of hydrogen-bond acceptors (Lipinski definition) is 3. The molecular formula is C21H23NO2. The first kappa shape index (κ1) is 15.4. The van der Waals surface area contributed by atoms with Gasteiger partial charge in [-0.1, -0.05) is 55.5 Å². The number of rotatable bonds is 3. The van der Waals surface area contributed by atoms with Gasteiger partial charge in [-0.25, -0.2) is 0 Å². The number of fused-ring (bicyclic) bond motifs is 3. The standard InChI is InChI=1S/C21H23NO2/c1-3-22-13-12-15(14-22)21(20(23)24-2)18-10-6-4-8-16(18)17-9-5-7-11-19(17)21/h4-11,15H,3,12-14H2,1-2H3. The quantitative estimate of drug-likeness (QED) is 0.811. The molecule has 0 aromatic heterocycles. The van der Waals surface area contributed by atoms with Crippen molar-refractivity contribution in [3.63, 3.8) is 0 Å². The zero-order chi connectivity index (χ0) is 16.7. The zero-order valence-corrected chi connectivity index (χ0v) is 14.3. The van der Waals surface area contributed by atoms with Gasteiger partial charge in [-0.05, 0) is 47.7 Å². The second-order valence-corrected chi connectivity index (χ2v) is 6.77. The minimum Gasteiger partial charge on any atom is -0.468 e. The topological polar surface area (TPSA) is 29.5 Å². The molecule has 1 heterocycles. The van der Waals surface area contributed by atoms with Crippen LogP contribution in [0.4, 0.5) is 0 Å². The van der Waals surface area contributed by atoms with Crippen molar-refractivity contribution >= 4 is 5.97 Å². The molecule has 1 saturated heterocycles. The van der Waals surface area contributed by atoms with Crippen molar-refractivity contribution in [3.8, 4) is 11.1 Å². The Morgan fingerprint density at radius 2 is 1.71 bits per heavy atom. The molecule has 0 bridgehead atoms. The molecule has 1 unspecified atom stereocenters. The third-order valence-corrected chi connectivity index (χ3v) is 5.83. The summed E-state index contributed by atoms with van der Waals surface area (Å²) in [6.07, 6.45) is 1.02. The summed E-state index contributed by atoms with van der Waals surface area (Å²) in [5, 5.41) is 0. The van der Waals surface area contributed by atoms with Crippen molar-refractivity contribution in [2.75, 3.05) is 26.7 Å². The molecule has 1 aliphatic carbocycles. The second-order valence-electron chi connectivity index (χ2n) is 6.77. The van der Waals surface area contributed by atoms with Crippen LogP contribution in [0.2, 0.25) is 0 Å². The Balaban J connectivity index is 1.98. The third-order valence-electron chi connectivity index (χ3n) is 5.83. The molecule has 1 fully saturated rings. The maximum atomic E-state index is 13.2. The molecule has 0 saturated carbocycles. The van der Waals surface area contributed by atoms with Gasteiger partial charge < -0.3 is 9.64 Å². The number of carbonyl (C=O) groups excluding carboxylic acids is 1. The van der Waals surface area contributed by atoms with Crippen LogP contribution in [0.1, 0.15) is 24.5 Å². The Morgan fingerprint density at radius 1 is 1.12 bits per heavy atom. The molecule has 0 N–H and O–H groups in total. The summed E-state index contributed by atoms with van der Waals surface area (Å²) in [5.74, 6) is 0.123. The first-order valence-electron chi connectivity index (χ1n) is 8.73. The monoisotopic (exact) mass is 321 g/mol. The van der Waals surface area contributed by atoms with Crippen LogP contribution in [-0.4, -0.2) is 37.6 Å². The maximum Gasteiger partial charge on any atom is 0.321 e. The van der Waals surface area contributed by atoms with Gasteiger partial charge in [0.05, 0.1) is 7.11 Å². The maximum absolute atomic E-state index is 13.2. The van der Waals surface area contributed by atoms with Crippen LogP contribution >= 0.6 is 0 Å². The predicted octanol–water partition coefficient (Wildman–Crippen LogP) is 3.47. The Kier molecular flexibility index (Phi) is 3.69. The molecule has 3 nitrogen and oxygen atoms in total. The lowest BCUT2D eigenvalue weighted by Gasteiger charge is -2.35. The number of esters is 1. The molecule has 0 radical (unpaired) electrons. The highest BCUT2D eigenvalue weighted by Gasteiger charge is 2.56. The summed E-state index contributed by atoms with van der Waals surface area (Å²) in [4.78, 5) is 15.6. The van der Waals surface area contributed by atoms with E-state index in [-0.39, 0.29) is 11.9 Å². The summed E-state index contributed by atoms with van der Waals surface area (Å²) in [6.45, 7) is 5.19. The normalized spacial score (nSPS) is 21.3. The highest BCUT2D eigenvalue weighted by molar-refractivity contribution is 5.98. The molecule has 0 amide bonds. The number of carbonyl (C=O) groups is 1. The average Bonchev–Trinajstić information content (AvgIpc) is 3.22. The van der Waals surface area contributed by atoms with E-state index in [1.807, 2.05) is 12.1 Å². The van der Waals surface area contributed by atoms with E-state index in [4.69, 9.17) is 4.74 Å². The molecule has 2 aromatic rings. The fourth-order valence-corrected chi connectivity index (χ4v) is 4.73. The molecule has 2 aliphatic rings. The van der Waals surface area contributed by atoms with Gasteiger partial charge in [0.15, 0.2) is 0 Å². The number of methoxy groups -OCH3 is 1. The van der Waals surface area contributed by atoms with Gasteiger partial charge in [0.25, 0.3) is 0 Å². The number of likely N-dealkylation sites (tertiary alicyclic amines) is 1. The minimum atomic E-state index is -0.675. The summed E-state index contributed by atoms with van der Waals surface area (Å²) < 4.78 is 5.38. The summed E-state index contributed by atoms with van der Waals surface area (Å²) in [5.41, 5.74) is 3.90. The molecule has 124 valence electrons. The van der Waals surface area contributed by atoms with Crippen LogP contribution in [0, 0.1) is 5.92 Å². The van der Waals surface area contributed by atoms with Crippen molar-refractivity contribution in [3.05, 3.63) is 59.7 Å². The van der Waals surface area contributed by atoms with E-state index < -0.39 is 5.41 Å². The predicted molar refractivity (Wildman–Crippen MR) is 94.9 cm³/mol. The van der Waals surface area contributed by atoms with E-state index in [9.17, 15) is 4.79 Å². The van der Waals surface area contributed by atoms with E-state index in [2.05, 4.69) is 48.2 Å². The SMILES string of the molecule is CCN1CCC(C2(C(=O)OC)c3ccccc3-c3ccccc32)C1. The highest BCUT2D eigenvalue weighted by atomic mass is 16.5. The molecule has 0 spiro atoms. The zero-order valence-electron chi connectivity index (χ0n) is 14.3. The Morgan fingerprint density at radius 3 is 2.21 bits per heavy atom. The van der Waals surface area contributed by atoms with Crippen molar-refractivity contribution in [2.45, 2.75) is 18.8 Å². The lowest BCUT2D eigenvalue weighted by Crippen LogP contribution is -2.44. The van der Waals surface area contributed by atoms with Crippen molar-refractivity contribution < 1.29 is 9.53 Å². The molecule has 3 heteroatoms. The smallest absolute Gasteiger partial charge is 0.321 e. The molecule has 2 aromatic carbocycles. The molecule has 1 aliphatic heterocycles. The van der Waals surface area contributed by atoms with Crippen LogP contribution in [0.3, 0.4) is 0 Å². The molecular weight excluding hydrogens is 298 g/mol. The van der Waals surface area contributed by atoms with E-state index in [0.717, 1.165) is 37.2 Å². The van der Waals surface area contributed by atoms with Crippen LogP contribution in [0.5, 0.6) is 0 Å². The number of nitrogens with zero attached hydrogens (tertiary/aromatic N) is 1. The number of benzene rings is 2. The Labute approximate surface area is 143 Å². The van der Waals surface area contributed by atoms with Crippen LogP contribution in [0.25, 0.3) is 11.1 Å². The van der Waals surface area contributed by atoms with Crippen LogP contribution < -0.4 is 0 Å².